The van der Waals surface area contributed by atoms with E-state index in [0.717, 1.165) is 40.4 Å². The summed E-state index contributed by atoms with van der Waals surface area (Å²) in [4.78, 5) is 0. The van der Waals surface area contributed by atoms with Crippen LogP contribution in [0.2, 0.25) is 19.6 Å². The van der Waals surface area contributed by atoms with Crippen molar-refractivity contribution >= 4 is 16.1 Å². The Bertz CT molecular complexity index is 657. The third-order valence-corrected chi connectivity index (χ3v) is 11.3. The second kappa shape index (κ2) is 6.82. The molecule has 1 heterocycles. The average Bonchev–Trinajstić information content (AvgIpc) is 2.60. The van der Waals surface area contributed by atoms with E-state index >= 15 is 8.39 Å². The zero-order chi connectivity index (χ0) is 26.4. The molecule has 0 aromatic heterocycles. The summed E-state index contributed by atoms with van der Waals surface area (Å²) in [6, 6.07) is 0. The standard InChI is InChI=1S/C13H18F14NO2PSi/c1-7(2,3)28(32(4,5)6)31(26,27)29-8(10(14,15)16,11(17,18)19)9(30-31,12(20,21)22)13(23,24)25/h1-6H3. The molecule has 1 aliphatic rings. The molecule has 0 N–H and O–H groups in total. The Kier molecular flexibility index (Phi) is 6.30. The Labute approximate surface area is 173 Å². The number of rotatable bonds is 2. The quantitative estimate of drug-likeness (QED) is 0.201. The molecule has 19 heteroatoms. The van der Waals surface area contributed by atoms with Crippen LogP contribution in [0.1, 0.15) is 20.8 Å². The number of alkyl halides is 12. The van der Waals surface area contributed by atoms with Crippen LogP contribution in [0.3, 0.4) is 0 Å². The zero-order valence-corrected chi connectivity index (χ0v) is 18.9. The molecular formula is C13H18F14NO2PSi. The molecule has 0 spiro atoms. The van der Waals surface area contributed by atoms with Gasteiger partial charge in [-0.2, -0.15) is 0 Å². The topological polar surface area (TPSA) is 21.7 Å². The molecule has 3 nitrogen and oxygen atoms in total. The minimum atomic E-state index is -9.20. The number of hydrogen-bond acceptors (Lipinski definition) is 3. The molecule has 1 rings (SSSR count). The van der Waals surface area contributed by atoms with Crippen LogP contribution < -0.4 is 0 Å². The summed E-state index contributed by atoms with van der Waals surface area (Å²) in [6.45, 7) is 4.70. The summed E-state index contributed by atoms with van der Waals surface area (Å²) >= 11 is 0. The molecule has 0 unspecified atom stereocenters. The minimum absolute atomic E-state index is 0.600. The predicted octanol–water partition coefficient (Wildman–Crippen LogP) is 7.76. The van der Waals surface area contributed by atoms with E-state index in [9.17, 15) is 52.7 Å². The number of halogens is 14. The van der Waals surface area contributed by atoms with Gasteiger partial charge < -0.3 is 0 Å². The average molecular weight is 545 g/mol. The normalized spacial score (nSPS) is 25.5. The van der Waals surface area contributed by atoms with E-state index in [1.54, 1.807) is 0 Å². The van der Waals surface area contributed by atoms with Crippen molar-refractivity contribution in [1.29, 1.82) is 0 Å². The summed E-state index contributed by atoms with van der Waals surface area (Å²) < 4.78 is 200. The maximum atomic E-state index is 15.7. The molecule has 0 radical (unpaired) electrons. The Morgan fingerprint density at radius 3 is 0.938 bits per heavy atom. The van der Waals surface area contributed by atoms with Crippen molar-refractivity contribution in [3.63, 3.8) is 0 Å². The van der Waals surface area contributed by atoms with Crippen molar-refractivity contribution in [3.8, 4) is 0 Å². The van der Waals surface area contributed by atoms with Gasteiger partial charge in [0, 0.05) is 0 Å². The molecule has 1 aliphatic heterocycles. The maximum absolute atomic E-state index is 15.7. The molecule has 32 heavy (non-hydrogen) atoms. The number of nitrogens with zero attached hydrogens (tertiary/aromatic N) is 1. The second-order valence-electron chi connectivity index (χ2n) is 8.92. The SMILES string of the molecule is CC(C)(C)N([Si](C)(C)C)P1(F)(F)OC(C(F)(F)F)(C(F)(F)F)C(C(F)(F)F)(C(F)(F)F)O1. The fourth-order valence-corrected chi connectivity index (χ4v) is 12.7. The summed E-state index contributed by atoms with van der Waals surface area (Å²) in [5.74, 6) is 0. The molecule has 0 aliphatic carbocycles. The van der Waals surface area contributed by atoms with Gasteiger partial charge in [-0.15, -0.1) is 0 Å². The molecule has 0 saturated carbocycles. The van der Waals surface area contributed by atoms with E-state index in [1.165, 1.54) is 0 Å². The molecule has 0 aromatic rings. The van der Waals surface area contributed by atoms with Crippen LogP contribution in [0.25, 0.3) is 0 Å². The Morgan fingerprint density at radius 2 is 0.812 bits per heavy atom. The predicted molar refractivity (Wildman–Crippen MR) is 85.9 cm³/mol. The first kappa shape index (κ1) is 29.6. The van der Waals surface area contributed by atoms with Crippen LogP contribution in [-0.2, 0) is 9.05 Å². The van der Waals surface area contributed by atoms with Crippen molar-refractivity contribution in [3.05, 3.63) is 0 Å². The van der Waals surface area contributed by atoms with Gasteiger partial charge in [0.2, 0.25) is 0 Å². The van der Waals surface area contributed by atoms with Crippen LogP contribution in [0.5, 0.6) is 0 Å². The van der Waals surface area contributed by atoms with Gasteiger partial charge in [-0.1, -0.05) is 0 Å². The van der Waals surface area contributed by atoms with E-state index in [1.807, 2.05) is 0 Å². The monoisotopic (exact) mass is 545 g/mol. The van der Waals surface area contributed by atoms with E-state index in [2.05, 4.69) is 9.05 Å². The molecule has 0 bridgehead atoms. The van der Waals surface area contributed by atoms with Crippen molar-refractivity contribution in [2.45, 2.75) is 81.9 Å². The Hall–Kier alpha value is -0.453. The van der Waals surface area contributed by atoms with Crippen LogP contribution in [-0.4, -0.2) is 54.0 Å². The van der Waals surface area contributed by atoms with Crippen molar-refractivity contribution in [2.75, 3.05) is 0 Å². The van der Waals surface area contributed by atoms with Gasteiger partial charge in [0.15, 0.2) is 0 Å². The number of hydrogen-bond donors (Lipinski definition) is 0. The van der Waals surface area contributed by atoms with Gasteiger partial charge in [-0.25, -0.2) is 0 Å². The van der Waals surface area contributed by atoms with Crippen molar-refractivity contribution in [2.24, 2.45) is 0 Å². The molecule has 0 amide bonds. The fourth-order valence-electron chi connectivity index (χ4n) is 3.95. The zero-order valence-electron chi connectivity index (χ0n) is 17.0. The van der Waals surface area contributed by atoms with Gasteiger partial charge in [0.05, 0.1) is 0 Å². The summed E-state index contributed by atoms with van der Waals surface area (Å²) in [5, 5.41) is 0. The van der Waals surface area contributed by atoms with Crippen LogP contribution in [0.4, 0.5) is 61.1 Å². The van der Waals surface area contributed by atoms with E-state index < -0.39 is 61.8 Å². The van der Waals surface area contributed by atoms with Crippen molar-refractivity contribution < 1.29 is 70.1 Å². The van der Waals surface area contributed by atoms with E-state index in [0.29, 0.717) is 0 Å². The molecule has 194 valence electrons. The van der Waals surface area contributed by atoms with Crippen LogP contribution in [0.15, 0.2) is 0 Å². The third-order valence-electron chi connectivity index (χ3n) is 4.25. The van der Waals surface area contributed by atoms with Crippen LogP contribution in [0, 0.1) is 0 Å². The van der Waals surface area contributed by atoms with Gasteiger partial charge >= 0.3 is 172 Å². The van der Waals surface area contributed by atoms with Gasteiger partial charge in [0.25, 0.3) is 0 Å². The third kappa shape index (κ3) is 3.90. The Balaban J connectivity index is 4.44. The second-order valence-corrected chi connectivity index (χ2v) is 16.3. The summed E-state index contributed by atoms with van der Waals surface area (Å²) in [6.07, 6.45) is -30.8. The fraction of sp³-hybridized carbons (Fsp3) is 1.00. The van der Waals surface area contributed by atoms with Crippen LogP contribution >= 0.6 is 7.83 Å². The molecule has 0 aromatic carbocycles. The van der Waals surface area contributed by atoms with E-state index in [4.69, 9.17) is 0 Å². The summed E-state index contributed by atoms with van der Waals surface area (Å²) in [5.41, 5.74) is -17.3. The van der Waals surface area contributed by atoms with Crippen molar-refractivity contribution in [1.82, 2.24) is 4.34 Å². The molecule has 1 saturated heterocycles. The van der Waals surface area contributed by atoms with E-state index in [-0.39, 0.29) is 0 Å². The van der Waals surface area contributed by atoms with Gasteiger partial charge in [-0.05, 0) is 0 Å². The summed E-state index contributed by atoms with van der Waals surface area (Å²) in [7, 11) is -13.3. The van der Waals surface area contributed by atoms with Gasteiger partial charge in [-0.3, -0.25) is 0 Å². The first-order valence-electron chi connectivity index (χ1n) is 8.28. The Morgan fingerprint density at radius 1 is 0.594 bits per heavy atom. The molecule has 1 fully saturated rings. The first-order chi connectivity index (χ1) is 13.3. The molecule has 0 atom stereocenters. The molecular weight excluding hydrogens is 527 g/mol. The van der Waals surface area contributed by atoms with Gasteiger partial charge in [0.1, 0.15) is 0 Å². The first-order valence-corrected chi connectivity index (χ1v) is 13.5.